The van der Waals surface area contributed by atoms with Crippen molar-refractivity contribution in [2.45, 2.75) is 72.3 Å². The summed E-state index contributed by atoms with van der Waals surface area (Å²) < 4.78 is 0. The van der Waals surface area contributed by atoms with E-state index in [1.165, 1.54) is 12.8 Å². The molecular weight excluding hydrogens is 236 g/mol. The highest BCUT2D eigenvalue weighted by molar-refractivity contribution is 5.77. The van der Waals surface area contributed by atoms with E-state index in [-0.39, 0.29) is 16.9 Å². The highest BCUT2D eigenvalue weighted by Crippen LogP contribution is 2.32. The summed E-state index contributed by atoms with van der Waals surface area (Å²) >= 11 is 0. The van der Waals surface area contributed by atoms with Crippen LogP contribution in [0.25, 0.3) is 0 Å². The molecule has 0 bridgehead atoms. The third-order valence-electron chi connectivity index (χ3n) is 4.86. The molecule has 3 N–H and O–H groups in total. The minimum Gasteiger partial charge on any atom is -0.349 e. The summed E-state index contributed by atoms with van der Waals surface area (Å²) in [5.74, 6) is 1.21. The maximum Gasteiger partial charge on any atom is 0.220 e. The van der Waals surface area contributed by atoms with Gasteiger partial charge in [-0.25, -0.2) is 0 Å². The fourth-order valence-electron chi connectivity index (χ4n) is 2.94. The van der Waals surface area contributed by atoms with Crippen molar-refractivity contribution in [1.82, 2.24) is 5.32 Å². The van der Waals surface area contributed by atoms with Gasteiger partial charge >= 0.3 is 0 Å². The minimum atomic E-state index is -0.146. The molecule has 3 heteroatoms. The van der Waals surface area contributed by atoms with Gasteiger partial charge < -0.3 is 11.1 Å². The number of nitrogens with one attached hydrogen (secondary N) is 1. The van der Waals surface area contributed by atoms with Crippen LogP contribution < -0.4 is 11.1 Å². The number of carbonyl (C=O) groups is 1. The monoisotopic (exact) mass is 268 g/mol. The first-order valence-electron chi connectivity index (χ1n) is 7.69. The van der Waals surface area contributed by atoms with Gasteiger partial charge in [-0.15, -0.1) is 0 Å². The van der Waals surface area contributed by atoms with Crippen LogP contribution in [-0.2, 0) is 4.79 Å². The molecule has 0 aliphatic heterocycles. The first-order valence-corrected chi connectivity index (χ1v) is 7.69. The zero-order valence-electron chi connectivity index (χ0n) is 13.4. The fourth-order valence-corrected chi connectivity index (χ4v) is 2.94. The Morgan fingerprint density at radius 1 is 1.47 bits per heavy atom. The second-order valence-corrected chi connectivity index (χ2v) is 7.71. The quantitative estimate of drug-likeness (QED) is 0.823. The molecule has 1 aliphatic carbocycles. The van der Waals surface area contributed by atoms with Gasteiger partial charge in [0.1, 0.15) is 0 Å². The standard InChI is InChI=1S/C16H32N2O/c1-12-7-6-8-16(10-12,11-17)18-14(19)9-13(2)15(3,4)5/h12-13H,6-11,17H2,1-5H3,(H,18,19). The molecule has 1 amide bonds. The lowest BCUT2D eigenvalue weighted by atomic mass is 9.75. The number of rotatable bonds is 4. The largest absolute Gasteiger partial charge is 0.349 e. The Kier molecular flexibility index (Phi) is 5.43. The van der Waals surface area contributed by atoms with Crippen LogP contribution in [0, 0.1) is 17.3 Å². The minimum absolute atomic E-state index is 0.146. The molecule has 3 unspecified atom stereocenters. The Hall–Kier alpha value is -0.570. The highest BCUT2D eigenvalue weighted by atomic mass is 16.1. The third kappa shape index (κ3) is 4.79. The maximum absolute atomic E-state index is 12.3. The molecular formula is C16H32N2O. The molecule has 1 fully saturated rings. The topological polar surface area (TPSA) is 55.1 Å². The molecule has 0 radical (unpaired) electrons. The van der Waals surface area contributed by atoms with Crippen molar-refractivity contribution in [3.63, 3.8) is 0 Å². The van der Waals surface area contributed by atoms with Crippen molar-refractivity contribution in [1.29, 1.82) is 0 Å². The van der Waals surface area contributed by atoms with Crippen LogP contribution in [0.15, 0.2) is 0 Å². The van der Waals surface area contributed by atoms with Gasteiger partial charge in [0, 0.05) is 13.0 Å². The number of hydrogen-bond donors (Lipinski definition) is 2. The van der Waals surface area contributed by atoms with E-state index in [4.69, 9.17) is 5.73 Å². The molecule has 112 valence electrons. The first kappa shape index (κ1) is 16.5. The lowest BCUT2D eigenvalue weighted by Gasteiger charge is -2.40. The molecule has 0 spiro atoms. The predicted octanol–water partition coefficient (Wildman–Crippen LogP) is 3.08. The lowest BCUT2D eigenvalue weighted by molar-refractivity contribution is -0.125. The van der Waals surface area contributed by atoms with E-state index in [2.05, 4.69) is 39.9 Å². The van der Waals surface area contributed by atoms with Crippen molar-refractivity contribution in [3.8, 4) is 0 Å². The van der Waals surface area contributed by atoms with Crippen LogP contribution in [0.5, 0.6) is 0 Å². The van der Waals surface area contributed by atoms with Crippen LogP contribution in [0.2, 0.25) is 0 Å². The molecule has 0 aromatic heterocycles. The van der Waals surface area contributed by atoms with E-state index < -0.39 is 0 Å². The van der Waals surface area contributed by atoms with Crippen molar-refractivity contribution in [2.24, 2.45) is 23.0 Å². The lowest BCUT2D eigenvalue weighted by Crippen LogP contribution is -2.56. The van der Waals surface area contributed by atoms with Crippen molar-refractivity contribution >= 4 is 5.91 Å². The van der Waals surface area contributed by atoms with Gasteiger partial charge in [-0.1, -0.05) is 47.5 Å². The number of hydrogen-bond acceptors (Lipinski definition) is 2. The van der Waals surface area contributed by atoms with Gasteiger partial charge in [0.25, 0.3) is 0 Å². The summed E-state index contributed by atoms with van der Waals surface area (Å²) in [6, 6.07) is 0. The van der Waals surface area contributed by atoms with E-state index in [1.807, 2.05) is 0 Å². The molecule has 0 aromatic rings. The number of amides is 1. The molecule has 3 atom stereocenters. The molecule has 3 nitrogen and oxygen atoms in total. The first-order chi connectivity index (χ1) is 8.68. The summed E-state index contributed by atoms with van der Waals surface area (Å²) in [4.78, 5) is 12.3. The van der Waals surface area contributed by atoms with Gasteiger partial charge in [-0.2, -0.15) is 0 Å². The SMILES string of the molecule is CC1CCCC(CN)(NC(=O)CC(C)C(C)(C)C)C1. The van der Waals surface area contributed by atoms with Crippen molar-refractivity contribution in [2.75, 3.05) is 6.54 Å². The predicted molar refractivity (Wildman–Crippen MR) is 80.8 cm³/mol. The average Bonchev–Trinajstić information content (AvgIpc) is 2.27. The van der Waals surface area contributed by atoms with Crippen molar-refractivity contribution in [3.05, 3.63) is 0 Å². The van der Waals surface area contributed by atoms with Crippen molar-refractivity contribution < 1.29 is 4.79 Å². The Labute approximate surface area is 118 Å². The fraction of sp³-hybridized carbons (Fsp3) is 0.938. The normalized spacial score (nSPS) is 29.9. The van der Waals surface area contributed by atoms with E-state index in [1.54, 1.807) is 0 Å². The van der Waals surface area contributed by atoms with Gasteiger partial charge in [0.05, 0.1) is 5.54 Å². The summed E-state index contributed by atoms with van der Waals surface area (Å²) in [6.45, 7) is 11.5. The van der Waals surface area contributed by atoms with Crippen LogP contribution in [-0.4, -0.2) is 18.0 Å². The van der Waals surface area contributed by atoms with E-state index >= 15 is 0 Å². The molecule has 0 aromatic carbocycles. The molecule has 0 heterocycles. The van der Waals surface area contributed by atoms with E-state index in [9.17, 15) is 4.79 Å². The number of nitrogens with two attached hydrogens (primary N) is 1. The third-order valence-corrected chi connectivity index (χ3v) is 4.86. The Bertz CT molecular complexity index is 308. The summed E-state index contributed by atoms with van der Waals surface area (Å²) in [7, 11) is 0. The maximum atomic E-state index is 12.3. The molecule has 1 saturated carbocycles. The van der Waals surface area contributed by atoms with Crippen LogP contribution in [0.1, 0.15) is 66.7 Å². The van der Waals surface area contributed by atoms with E-state index in [0.717, 1.165) is 12.8 Å². The van der Waals surface area contributed by atoms with E-state index in [0.29, 0.717) is 24.8 Å². The Morgan fingerprint density at radius 2 is 2.11 bits per heavy atom. The Morgan fingerprint density at radius 3 is 2.58 bits per heavy atom. The van der Waals surface area contributed by atoms with Crippen LogP contribution in [0.3, 0.4) is 0 Å². The summed E-state index contributed by atoms with van der Waals surface area (Å²) in [6.07, 6.45) is 5.09. The van der Waals surface area contributed by atoms with Gasteiger partial charge in [0.2, 0.25) is 5.91 Å². The smallest absolute Gasteiger partial charge is 0.220 e. The van der Waals surface area contributed by atoms with Gasteiger partial charge in [-0.3, -0.25) is 4.79 Å². The highest BCUT2D eigenvalue weighted by Gasteiger charge is 2.35. The number of carbonyl (C=O) groups excluding carboxylic acids is 1. The average molecular weight is 268 g/mol. The molecule has 1 rings (SSSR count). The van der Waals surface area contributed by atoms with Gasteiger partial charge in [0.15, 0.2) is 0 Å². The Balaban J connectivity index is 2.58. The molecule has 19 heavy (non-hydrogen) atoms. The zero-order chi connectivity index (χ0) is 14.7. The van der Waals surface area contributed by atoms with Crippen LogP contribution in [0.4, 0.5) is 0 Å². The second kappa shape index (κ2) is 6.25. The molecule has 1 aliphatic rings. The van der Waals surface area contributed by atoms with Crippen LogP contribution >= 0.6 is 0 Å². The second-order valence-electron chi connectivity index (χ2n) is 7.71. The summed E-state index contributed by atoms with van der Waals surface area (Å²) in [5, 5.41) is 3.25. The summed E-state index contributed by atoms with van der Waals surface area (Å²) in [5.41, 5.74) is 5.98. The van der Waals surface area contributed by atoms with Gasteiger partial charge in [-0.05, 0) is 30.1 Å². The molecule has 0 saturated heterocycles. The zero-order valence-corrected chi connectivity index (χ0v) is 13.4.